The van der Waals surface area contributed by atoms with Gasteiger partial charge in [-0.25, -0.2) is 8.42 Å². The van der Waals surface area contributed by atoms with Crippen molar-refractivity contribution in [2.45, 2.75) is 17.4 Å². The molecule has 1 unspecified atom stereocenters. The molecule has 0 bridgehead atoms. The summed E-state index contributed by atoms with van der Waals surface area (Å²) in [6, 6.07) is 4.88. The summed E-state index contributed by atoms with van der Waals surface area (Å²) in [5.74, 6) is 0. The van der Waals surface area contributed by atoms with Crippen molar-refractivity contribution in [2.24, 2.45) is 0 Å². The molecule has 0 aliphatic carbocycles. The molecule has 1 aliphatic rings. The van der Waals surface area contributed by atoms with Crippen LogP contribution in [0.3, 0.4) is 0 Å². The van der Waals surface area contributed by atoms with Gasteiger partial charge >= 0.3 is 0 Å². The number of nitro benzene ring substituents is 1. The first kappa shape index (κ1) is 13.9. The van der Waals surface area contributed by atoms with Gasteiger partial charge in [-0.1, -0.05) is 0 Å². The van der Waals surface area contributed by atoms with Crippen LogP contribution in [0.2, 0.25) is 0 Å². The molecule has 2 rings (SSSR count). The van der Waals surface area contributed by atoms with Crippen LogP contribution in [0.5, 0.6) is 0 Å². The highest BCUT2D eigenvalue weighted by atomic mass is 32.2. The molecule has 1 fully saturated rings. The minimum atomic E-state index is -3.59. The first-order chi connectivity index (χ1) is 8.93. The van der Waals surface area contributed by atoms with Crippen molar-refractivity contribution < 1.29 is 13.3 Å². The van der Waals surface area contributed by atoms with Gasteiger partial charge in [0.15, 0.2) is 0 Å². The summed E-state index contributed by atoms with van der Waals surface area (Å²) in [6.07, 6.45) is 0.767. The van der Waals surface area contributed by atoms with Crippen LogP contribution in [-0.4, -0.2) is 43.8 Å². The number of sulfonamides is 1. The molecule has 1 saturated heterocycles. The maximum atomic E-state index is 12.3. The number of nitro groups is 1. The Kier molecular flexibility index (Phi) is 3.83. The molecule has 1 aromatic rings. The van der Waals surface area contributed by atoms with Crippen LogP contribution in [0.15, 0.2) is 29.2 Å². The Balaban J connectivity index is 2.25. The standard InChI is InChI=1S/C11H15N3O4S/c1-13(10-6-7-12-8-10)19(17,18)11-4-2-9(3-5-11)14(15)16/h2-5,10,12H,6-8H2,1H3. The lowest BCUT2D eigenvalue weighted by molar-refractivity contribution is -0.384. The molecular weight excluding hydrogens is 270 g/mol. The number of likely N-dealkylation sites (N-methyl/N-ethyl adjacent to an activating group) is 1. The predicted octanol–water partition coefficient (Wildman–Crippen LogP) is 0.577. The molecule has 1 aromatic carbocycles. The van der Waals surface area contributed by atoms with Gasteiger partial charge in [0.2, 0.25) is 10.0 Å². The van der Waals surface area contributed by atoms with Gasteiger partial charge in [0.1, 0.15) is 0 Å². The van der Waals surface area contributed by atoms with Crippen molar-refractivity contribution >= 4 is 15.7 Å². The molecule has 0 spiro atoms. The van der Waals surface area contributed by atoms with Crippen LogP contribution >= 0.6 is 0 Å². The van der Waals surface area contributed by atoms with E-state index in [1.165, 1.54) is 35.6 Å². The highest BCUT2D eigenvalue weighted by Crippen LogP contribution is 2.21. The van der Waals surface area contributed by atoms with Gasteiger partial charge in [0.25, 0.3) is 5.69 Å². The normalized spacial score (nSPS) is 19.8. The van der Waals surface area contributed by atoms with E-state index >= 15 is 0 Å². The van der Waals surface area contributed by atoms with Crippen LogP contribution in [-0.2, 0) is 10.0 Å². The Hall–Kier alpha value is -1.51. The maximum absolute atomic E-state index is 12.3. The molecule has 1 N–H and O–H groups in total. The van der Waals surface area contributed by atoms with E-state index in [9.17, 15) is 18.5 Å². The Bertz CT molecular complexity index is 564. The predicted molar refractivity (Wildman–Crippen MR) is 69.3 cm³/mol. The summed E-state index contributed by atoms with van der Waals surface area (Å²) < 4.78 is 26.0. The van der Waals surface area contributed by atoms with E-state index in [2.05, 4.69) is 5.32 Å². The zero-order valence-corrected chi connectivity index (χ0v) is 11.3. The molecule has 0 saturated carbocycles. The van der Waals surface area contributed by atoms with Crippen LogP contribution in [0.1, 0.15) is 6.42 Å². The molecule has 1 atom stereocenters. The SMILES string of the molecule is CN(C1CCNC1)S(=O)(=O)c1ccc([N+](=O)[O-])cc1. The quantitative estimate of drug-likeness (QED) is 0.645. The van der Waals surface area contributed by atoms with Crippen molar-refractivity contribution in [1.82, 2.24) is 9.62 Å². The second-order valence-electron chi connectivity index (χ2n) is 4.42. The van der Waals surface area contributed by atoms with Crippen LogP contribution in [0.25, 0.3) is 0 Å². The minimum absolute atomic E-state index is 0.0693. The average molecular weight is 285 g/mol. The summed E-state index contributed by atoms with van der Waals surface area (Å²) in [6.45, 7) is 1.42. The number of non-ortho nitro benzene ring substituents is 1. The van der Waals surface area contributed by atoms with E-state index < -0.39 is 14.9 Å². The number of hydrogen-bond acceptors (Lipinski definition) is 5. The Morgan fingerprint density at radius 3 is 2.47 bits per heavy atom. The summed E-state index contributed by atoms with van der Waals surface area (Å²) in [4.78, 5) is 10.1. The van der Waals surface area contributed by atoms with Crippen LogP contribution < -0.4 is 5.32 Å². The smallest absolute Gasteiger partial charge is 0.269 e. The minimum Gasteiger partial charge on any atom is -0.315 e. The third-order valence-electron chi connectivity index (χ3n) is 3.27. The van der Waals surface area contributed by atoms with E-state index in [0.717, 1.165) is 13.0 Å². The van der Waals surface area contributed by atoms with Gasteiger partial charge in [-0.15, -0.1) is 0 Å². The lowest BCUT2D eigenvalue weighted by atomic mass is 10.3. The van der Waals surface area contributed by atoms with Crippen molar-refractivity contribution in [3.05, 3.63) is 34.4 Å². The van der Waals surface area contributed by atoms with Gasteiger partial charge in [0, 0.05) is 31.8 Å². The third-order valence-corrected chi connectivity index (χ3v) is 5.20. The van der Waals surface area contributed by atoms with Crippen molar-refractivity contribution in [1.29, 1.82) is 0 Å². The summed E-state index contributed by atoms with van der Waals surface area (Å²) in [7, 11) is -2.06. The monoisotopic (exact) mass is 285 g/mol. The van der Waals surface area contributed by atoms with Gasteiger partial charge in [-0.2, -0.15) is 4.31 Å². The largest absolute Gasteiger partial charge is 0.315 e. The van der Waals surface area contributed by atoms with Crippen LogP contribution in [0.4, 0.5) is 5.69 Å². The van der Waals surface area contributed by atoms with Crippen LogP contribution in [0, 0.1) is 10.1 Å². The van der Waals surface area contributed by atoms with Crippen molar-refractivity contribution in [3.8, 4) is 0 Å². The molecule has 1 heterocycles. The zero-order valence-electron chi connectivity index (χ0n) is 10.4. The molecule has 1 aliphatic heterocycles. The fourth-order valence-corrected chi connectivity index (χ4v) is 3.44. The first-order valence-corrected chi connectivity index (χ1v) is 7.30. The van der Waals surface area contributed by atoms with E-state index in [0.29, 0.717) is 6.54 Å². The lowest BCUT2D eigenvalue weighted by Crippen LogP contribution is -2.38. The number of nitrogens with one attached hydrogen (secondary N) is 1. The Labute approximate surface area is 111 Å². The number of rotatable bonds is 4. The highest BCUT2D eigenvalue weighted by molar-refractivity contribution is 7.89. The number of benzene rings is 1. The highest BCUT2D eigenvalue weighted by Gasteiger charge is 2.30. The van der Waals surface area contributed by atoms with Crippen molar-refractivity contribution in [3.63, 3.8) is 0 Å². The first-order valence-electron chi connectivity index (χ1n) is 5.86. The average Bonchev–Trinajstić information content (AvgIpc) is 2.91. The van der Waals surface area contributed by atoms with Gasteiger partial charge in [0.05, 0.1) is 9.82 Å². The lowest BCUT2D eigenvalue weighted by Gasteiger charge is -2.23. The summed E-state index contributed by atoms with van der Waals surface area (Å²) in [5.41, 5.74) is -0.121. The fraction of sp³-hybridized carbons (Fsp3) is 0.455. The van der Waals surface area contributed by atoms with Crippen molar-refractivity contribution in [2.75, 3.05) is 20.1 Å². The van der Waals surface area contributed by atoms with E-state index in [4.69, 9.17) is 0 Å². The molecule has 0 radical (unpaired) electrons. The molecule has 0 aromatic heterocycles. The molecule has 8 heteroatoms. The van der Waals surface area contributed by atoms with E-state index in [1.54, 1.807) is 0 Å². The van der Waals surface area contributed by atoms with E-state index in [1.807, 2.05) is 0 Å². The second kappa shape index (κ2) is 5.24. The zero-order chi connectivity index (χ0) is 14.0. The Morgan fingerprint density at radius 1 is 1.37 bits per heavy atom. The third kappa shape index (κ3) is 2.75. The molecule has 19 heavy (non-hydrogen) atoms. The fourth-order valence-electron chi connectivity index (χ4n) is 2.05. The maximum Gasteiger partial charge on any atom is 0.269 e. The Morgan fingerprint density at radius 2 is 2.00 bits per heavy atom. The van der Waals surface area contributed by atoms with Gasteiger partial charge in [-0.3, -0.25) is 10.1 Å². The molecule has 7 nitrogen and oxygen atoms in total. The second-order valence-corrected chi connectivity index (χ2v) is 6.42. The summed E-state index contributed by atoms with van der Waals surface area (Å²) in [5, 5.41) is 13.6. The number of nitrogens with zero attached hydrogens (tertiary/aromatic N) is 2. The molecule has 104 valence electrons. The topological polar surface area (TPSA) is 92.6 Å². The van der Waals surface area contributed by atoms with Gasteiger partial charge < -0.3 is 5.32 Å². The molecular formula is C11H15N3O4S. The summed E-state index contributed by atoms with van der Waals surface area (Å²) >= 11 is 0. The number of hydrogen-bond donors (Lipinski definition) is 1. The molecule has 0 amide bonds. The van der Waals surface area contributed by atoms with Gasteiger partial charge in [-0.05, 0) is 25.1 Å². The van der Waals surface area contributed by atoms with E-state index in [-0.39, 0.29) is 16.6 Å².